The zero-order valence-corrected chi connectivity index (χ0v) is 16.7. The first-order chi connectivity index (χ1) is 13.5. The van der Waals surface area contributed by atoms with E-state index in [0.717, 1.165) is 36.7 Å². The van der Waals surface area contributed by atoms with Crippen molar-refractivity contribution in [3.8, 4) is 0 Å². The molecule has 4 heterocycles. The molecule has 0 saturated carbocycles. The lowest BCUT2D eigenvalue weighted by Gasteiger charge is -2.10. The number of carbonyl (C=O) groups excluding carboxylic acids is 1. The van der Waals surface area contributed by atoms with Crippen LogP contribution >= 0.6 is 0 Å². The fourth-order valence-corrected chi connectivity index (χ4v) is 3.70. The Morgan fingerprint density at radius 3 is 2.96 bits per heavy atom. The Kier molecular flexibility index (Phi) is 5.11. The zero-order valence-electron chi connectivity index (χ0n) is 16.7. The predicted octanol–water partition coefficient (Wildman–Crippen LogP) is 2.95. The summed E-state index contributed by atoms with van der Waals surface area (Å²) in [5, 5.41) is 16.3. The molecule has 0 aromatic carbocycles. The molecule has 3 aromatic rings. The summed E-state index contributed by atoms with van der Waals surface area (Å²) in [6.07, 6.45) is 5.20. The molecule has 0 spiro atoms. The summed E-state index contributed by atoms with van der Waals surface area (Å²) in [7, 11) is 0. The van der Waals surface area contributed by atoms with E-state index in [1.807, 2.05) is 26.8 Å². The number of nitrogens with one attached hydrogen (secondary N) is 1. The lowest BCUT2D eigenvalue weighted by atomic mass is 10.0. The maximum absolute atomic E-state index is 12.9. The number of nitrogens with zero attached hydrogens (tertiary/aromatic N) is 5. The molecule has 8 nitrogen and oxygen atoms in total. The first kappa shape index (κ1) is 18.6. The summed E-state index contributed by atoms with van der Waals surface area (Å²) in [5.41, 5.74) is 2.46. The van der Waals surface area contributed by atoms with E-state index in [4.69, 9.17) is 4.52 Å². The van der Waals surface area contributed by atoms with Crippen LogP contribution in [0, 0.1) is 6.92 Å². The van der Waals surface area contributed by atoms with Gasteiger partial charge in [-0.1, -0.05) is 25.4 Å². The number of rotatable bonds is 5. The molecule has 3 aromatic heterocycles. The van der Waals surface area contributed by atoms with Crippen molar-refractivity contribution < 1.29 is 9.32 Å². The van der Waals surface area contributed by atoms with Gasteiger partial charge in [-0.2, -0.15) is 0 Å². The molecule has 148 valence electrons. The van der Waals surface area contributed by atoms with Crippen LogP contribution < -0.4 is 5.32 Å². The fraction of sp³-hybridized carbons (Fsp3) is 0.550. The summed E-state index contributed by atoms with van der Waals surface area (Å²) >= 11 is 0. The van der Waals surface area contributed by atoms with Gasteiger partial charge in [-0.15, -0.1) is 10.2 Å². The second kappa shape index (κ2) is 7.69. The van der Waals surface area contributed by atoms with Crippen molar-refractivity contribution in [1.29, 1.82) is 0 Å². The lowest BCUT2D eigenvalue weighted by molar-refractivity contribution is 0.0955. The van der Waals surface area contributed by atoms with E-state index in [2.05, 4.69) is 30.2 Å². The van der Waals surface area contributed by atoms with Gasteiger partial charge in [0.1, 0.15) is 11.6 Å². The first-order valence-electron chi connectivity index (χ1n) is 10.0. The molecular weight excluding hydrogens is 356 g/mol. The van der Waals surface area contributed by atoms with Gasteiger partial charge in [0.15, 0.2) is 0 Å². The summed E-state index contributed by atoms with van der Waals surface area (Å²) in [5.74, 6) is 2.06. The van der Waals surface area contributed by atoms with E-state index in [-0.39, 0.29) is 11.8 Å². The minimum absolute atomic E-state index is 0.142. The van der Waals surface area contributed by atoms with Crippen LogP contribution in [0.4, 0.5) is 0 Å². The normalized spacial score (nSPS) is 14.3. The molecule has 0 saturated heterocycles. The van der Waals surface area contributed by atoms with Gasteiger partial charge >= 0.3 is 0 Å². The Hall–Kier alpha value is -2.77. The average molecular weight is 382 g/mol. The van der Waals surface area contributed by atoms with Gasteiger partial charge in [0.25, 0.3) is 11.6 Å². The quantitative estimate of drug-likeness (QED) is 0.728. The summed E-state index contributed by atoms with van der Waals surface area (Å²) in [4.78, 5) is 17.4. The number of aryl methyl sites for hydroxylation is 2. The molecule has 0 unspecified atom stereocenters. The Labute approximate surface area is 163 Å². The summed E-state index contributed by atoms with van der Waals surface area (Å²) in [6, 6.07) is 1.84. The van der Waals surface area contributed by atoms with E-state index in [0.29, 0.717) is 35.3 Å². The number of aromatic nitrogens is 5. The minimum atomic E-state index is -0.142. The van der Waals surface area contributed by atoms with Crippen LogP contribution in [0.2, 0.25) is 0 Å². The molecule has 0 fully saturated rings. The SMILES string of the molecule is Cc1noc2nc(C(C)C)cc(C(=O)NCCc3nnc4n3CCCCC4)c12. The third kappa shape index (κ3) is 3.50. The van der Waals surface area contributed by atoms with Crippen LogP contribution in [0.5, 0.6) is 0 Å². The lowest BCUT2D eigenvalue weighted by Crippen LogP contribution is -2.27. The van der Waals surface area contributed by atoms with Crippen LogP contribution in [-0.2, 0) is 19.4 Å². The van der Waals surface area contributed by atoms with E-state index < -0.39 is 0 Å². The van der Waals surface area contributed by atoms with Crippen molar-refractivity contribution in [1.82, 2.24) is 30.2 Å². The highest BCUT2D eigenvalue weighted by atomic mass is 16.5. The van der Waals surface area contributed by atoms with Gasteiger partial charge in [0.05, 0.1) is 16.6 Å². The average Bonchev–Trinajstić information content (AvgIpc) is 3.15. The molecular formula is C20H26N6O2. The molecule has 1 amide bonds. The standard InChI is InChI=1S/C20H26N6O2/c1-12(2)15-11-14(18-13(3)25-28-20(18)22-15)19(27)21-9-8-17-24-23-16-7-5-4-6-10-26(16)17/h11-12H,4-10H2,1-3H3,(H,21,27). The summed E-state index contributed by atoms with van der Waals surface area (Å²) in [6.45, 7) is 7.37. The number of amides is 1. The first-order valence-corrected chi connectivity index (χ1v) is 10.0. The van der Waals surface area contributed by atoms with Gasteiger partial charge in [-0.25, -0.2) is 4.98 Å². The Morgan fingerprint density at radius 2 is 2.14 bits per heavy atom. The van der Waals surface area contributed by atoms with Gasteiger partial charge in [0.2, 0.25) is 0 Å². The molecule has 0 radical (unpaired) electrons. The topological polar surface area (TPSA) is 98.7 Å². The second-order valence-electron chi connectivity index (χ2n) is 7.70. The van der Waals surface area contributed by atoms with Crippen molar-refractivity contribution in [2.45, 2.75) is 65.3 Å². The van der Waals surface area contributed by atoms with Gasteiger partial charge in [-0.3, -0.25) is 4.79 Å². The van der Waals surface area contributed by atoms with Crippen LogP contribution in [0.3, 0.4) is 0 Å². The van der Waals surface area contributed by atoms with Crippen LogP contribution in [-0.4, -0.2) is 37.4 Å². The monoisotopic (exact) mass is 382 g/mol. The molecule has 4 rings (SSSR count). The summed E-state index contributed by atoms with van der Waals surface area (Å²) < 4.78 is 7.52. The third-order valence-corrected chi connectivity index (χ3v) is 5.29. The molecule has 0 aliphatic carbocycles. The van der Waals surface area contributed by atoms with Crippen molar-refractivity contribution in [3.63, 3.8) is 0 Å². The molecule has 0 atom stereocenters. The molecule has 1 aliphatic heterocycles. The van der Waals surface area contributed by atoms with E-state index in [1.54, 1.807) is 0 Å². The van der Waals surface area contributed by atoms with E-state index in [9.17, 15) is 4.79 Å². The molecule has 8 heteroatoms. The number of fused-ring (bicyclic) bond motifs is 2. The van der Waals surface area contributed by atoms with E-state index in [1.165, 1.54) is 12.8 Å². The van der Waals surface area contributed by atoms with Crippen molar-refractivity contribution in [2.24, 2.45) is 0 Å². The third-order valence-electron chi connectivity index (χ3n) is 5.29. The van der Waals surface area contributed by atoms with Gasteiger partial charge < -0.3 is 14.4 Å². The maximum atomic E-state index is 12.9. The molecule has 1 N–H and O–H groups in total. The second-order valence-corrected chi connectivity index (χ2v) is 7.70. The number of hydrogen-bond acceptors (Lipinski definition) is 6. The largest absolute Gasteiger partial charge is 0.352 e. The highest BCUT2D eigenvalue weighted by molar-refractivity contribution is 6.06. The van der Waals surface area contributed by atoms with Crippen LogP contribution in [0.25, 0.3) is 11.1 Å². The smallest absolute Gasteiger partial charge is 0.259 e. The van der Waals surface area contributed by atoms with E-state index >= 15 is 0 Å². The number of carbonyl (C=O) groups is 1. The Morgan fingerprint density at radius 1 is 1.29 bits per heavy atom. The molecule has 1 aliphatic rings. The molecule has 0 bridgehead atoms. The van der Waals surface area contributed by atoms with Crippen molar-refractivity contribution in [3.05, 3.63) is 34.7 Å². The highest BCUT2D eigenvalue weighted by Crippen LogP contribution is 2.25. The van der Waals surface area contributed by atoms with Crippen LogP contribution in [0.15, 0.2) is 10.6 Å². The predicted molar refractivity (Wildman–Crippen MR) is 104 cm³/mol. The van der Waals surface area contributed by atoms with Crippen molar-refractivity contribution in [2.75, 3.05) is 6.54 Å². The highest BCUT2D eigenvalue weighted by Gasteiger charge is 2.20. The van der Waals surface area contributed by atoms with Gasteiger partial charge in [-0.05, 0) is 31.7 Å². The Balaban J connectivity index is 1.50. The van der Waals surface area contributed by atoms with Gasteiger partial charge in [0, 0.05) is 31.6 Å². The Bertz CT molecular complexity index is 1000. The zero-order chi connectivity index (χ0) is 19.7. The number of hydrogen-bond donors (Lipinski definition) is 1. The maximum Gasteiger partial charge on any atom is 0.259 e. The fourth-order valence-electron chi connectivity index (χ4n) is 3.70. The van der Waals surface area contributed by atoms with Crippen LogP contribution in [0.1, 0.15) is 72.4 Å². The number of pyridine rings is 1. The molecule has 28 heavy (non-hydrogen) atoms. The van der Waals surface area contributed by atoms with Crippen molar-refractivity contribution >= 4 is 17.0 Å². The minimum Gasteiger partial charge on any atom is -0.352 e.